The van der Waals surface area contributed by atoms with Gasteiger partial charge in [0.25, 0.3) is 0 Å². The van der Waals surface area contributed by atoms with Crippen molar-refractivity contribution in [3.05, 3.63) is 71.5 Å². The molecule has 5 rings (SSSR count). The van der Waals surface area contributed by atoms with Crippen molar-refractivity contribution in [2.45, 2.75) is 50.0 Å². The molecule has 3 aliphatic heterocycles. The van der Waals surface area contributed by atoms with Crippen molar-refractivity contribution in [2.24, 2.45) is 5.41 Å². The normalized spacial score (nSPS) is 27.1. The van der Waals surface area contributed by atoms with Crippen molar-refractivity contribution < 1.29 is 14.0 Å². The molecule has 2 atom stereocenters. The number of likely N-dealkylation sites (tertiary alicyclic amines) is 2. The van der Waals surface area contributed by atoms with Gasteiger partial charge >= 0.3 is 0 Å². The number of carbonyl (C=O) groups excluding carboxylic acids is 2. The summed E-state index contributed by atoms with van der Waals surface area (Å²) in [5.41, 5.74) is 1.25. The van der Waals surface area contributed by atoms with Gasteiger partial charge in [0.15, 0.2) is 0 Å². The average molecular weight is 464 g/mol. The molecule has 3 aliphatic rings. The minimum Gasteiger partial charge on any atom is -0.348 e. The second-order valence-electron chi connectivity index (χ2n) is 10.6. The topological polar surface area (TPSA) is 52.7 Å². The maximum atomic E-state index is 14.3. The first kappa shape index (κ1) is 23.0. The summed E-state index contributed by atoms with van der Waals surface area (Å²) in [6.07, 6.45) is 4.56. The zero-order chi connectivity index (χ0) is 23.8. The van der Waals surface area contributed by atoms with Crippen LogP contribution in [0.25, 0.3) is 0 Å². The van der Waals surface area contributed by atoms with Crippen molar-refractivity contribution >= 4 is 11.8 Å². The summed E-state index contributed by atoms with van der Waals surface area (Å²) in [7, 11) is 2.11. The Morgan fingerprint density at radius 3 is 2.44 bits per heavy atom. The Bertz CT molecular complexity index is 1030. The number of nitrogens with zero attached hydrogens (tertiary/aromatic N) is 2. The van der Waals surface area contributed by atoms with E-state index in [1.165, 1.54) is 17.7 Å². The third-order valence-electron chi connectivity index (χ3n) is 8.30. The lowest BCUT2D eigenvalue weighted by Gasteiger charge is -2.42. The quantitative estimate of drug-likeness (QED) is 0.752. The molecule has 34 heavy (non-hydrogen) atoms. The van der Waals surface area contributed by atoms with Gasteiger partial charge < -0.3 is 15.1 Å². The highest BCUT2D eigenvalue weighted by atomic mass is 19.1. The number of nitrogens with one attached hydrogen (secondary N) is 1. The fraction of sp³-hybridized carbons (Fsp3) is 0.500. The van der Waals surface area contributed by atoms with Gasteiger partial charge in [0, 0.05) is 25.4 Å². The largest absolute Gasteiger partial charge is 0.348 e. The van der Waals surface area contributed by atoms with E-state index in [1.54, 1.807) is 0 Å². The van der Waals surface area contributed by atoms with E-state index in [0.29, 0.717) is 19.5 Å². The summed E-state index contributed by atoms with van der Waals surface area (Å²) in [5.74, 6) is -0.0647. The Labute approximate surface area is 201 Å². The average Bonchev–Trinajstić information content (AvgIpc) is 3.19. The molecule has 5 nitrogen and oxygen atoms in total. The molecule has 0 aliphatic carbocycles. The predicted molar refractivity (Wildman–Crippen MR) is 130 cm³/mol. The Kier molecular flexibility index (Phi) is 6.19. The summed E-state index contributed by atoms with van der Waals surface area (Å²) in [5, 5.41) is 3.28. The molecule has 0 radical (unpaired) electrons. The molecule has 3 heterocycles. The van der Waals surface area contributed by atoms with Gasteiger partial charge in [-0.1, -0.05) is 42.5 Å². The van der Waals surface area contributed by atoms with Gasteiger partial charge in [0.1, 0.15) is 5.82 Å². The van der Waals surface area contributed by atoms with Crippen molar-refractivity contribution in [3.63, 3.8) is 0 Å². The smallest absolute Gasteiger partial charge is 0.229 e. The summed E-state index contributed by atoms with van der Waals surface area (Å²) in [6, 6.07) is 16.9. The second kappa shape index (κ2) is 9.14. The monoisotopic (exact) mass is 463 g/mol. The molecule has 0 aromatic heterocycles. The van der Waals surface area contributed by atoms with E-state index in [0.717, 1.165) is 50.8 Å². The lowest BCUT2D eigenvalue weighted by atomic mass is 9.72. The summed E-state index contributed by atoms with van der Waals surface area (Å²) < 4.78 is 13.7. The van der Waals surface area contributed by atoms with E-state index in [2.05, 4.69) is 29.4 Å². The predicted octanol–water partition coefficient (Wildman–Crippen LogP) is 3.75. The zero-order valence-electron chi connectivity index (χ0n) is 19.9. The second-order valence-corrected chi connectivity index (χ2v) is 10.6. The Balaban J connectivity index is 1.46. The fourth-order valence-corrected chi connectivity index (χ4v) is 6.37. The van der Waals surface area contributed by atoms with Gasteiger partial charge in [-0.3, -0.25) is 9.59 Å². The van der Waals surface area contributed by atoms with E-state index < -0.39 is 11.0 Å². The van der Waals surface area contributed by atoms with Crippen molar-refractivity contribution in [1.82, 2.24) is 15.1 Å². The number of amides is 2. The van der Waals surface area contributed by atoms with Crippen LogP contribution in [0.15, 0.2) is 54.6 Å². The van der Waals surface area contributed by atoms with Gasteiger partial charge in [-0.15, -0.1) is 0 Å². The molecule has 1 N–H and O–H groups in total. The summed E-state index contributed by atoms with van der Waals surface area (Å²) in [4.78, 5) is 31.1. The number of rotatable bonds is 4. The lowest BCUT2D eigenvalue weighted by Crippen LogP contribution is -2.57. The number of piperidine rings is 2. The summed E-state index contributed by atoms with van der Waals surface area (Å²) >= 11 is 0. The molecule has 0 bridgehead atoms. The number of benzene rings is 2. The van der Waals surface area contributed by atoms with Crippen molar-refractivity contribution in [1.29, 1.82) is 0 Å². The van der Waals surface area contributed by atoms with Crippen LogP contribution in [0.4, 0.5) is 4.39 Å². The first-order valence-electron chi connectivity index (χ1n) is 12.5. The van der Waals surface area contributed by atoms with Gasteiger partial charge in [0.2, 0.25) is 11.8 Å². The highest BCUT2D eigenvalue weighted by molar-refractivity contribution is 5.85. The van der Waals surface area contributed by atoms with Gasteiger partial charge in [-0.05, 0) is 75.5 Å². The minimum atomic E-state index is -0.484. The van der Waals surface area contributed by atoms with Crippen LogP contribution in [0.3, 0.4) is 0 Å². The van der Waals surface area contributed by atoms with Gasteiger partial charge in [-0.25, -0.2) is 4.39 Å². The minimum absolute atomic E-state index is 0.0404. The first-order valence-corrected chi connectivity index (χ1v) is 12.5. The maximum Gasteiger partial charge on any atom is 0.229 e. The van der Waals surface area contributed by atoms with E-state index in [-0.39, 0.29) is 23.5 Å². The zero-order valence-corrected chi connectivity index (χ0v) is 19.9. The third-order valence-corrected chi connectivity index (χ3v) is 8.30. The van der Waals surface area contributed by atoms with Crippen LogP contribution in [0.1, 0.15) is 49.1 Å². The molecule has 1 spiro atoms. The fourth-order valence-electron chi connectivity index (χ4n) is 6.37. The van der Waals surface area contributed by atoms with Crippen LogP contribution >= 0.6 is 0 Å². The van der Waals surface area contributed by atoms with Gasteiger partial charge in [-0.2, -0.15) is 0 Å². The SMILES string of the molecule is CN1CCC(Cc2ccccc2)(C(=O)N2C[C@@H](c3ccc(F)cc3)[C@@]3(CCCC(=O)N3)C2)CC1. The number of halogens is 1. The molecule has 3 fully saturated rings. The van der Waals surface area contributed by atoms with E-state index >= 15 is 0 Å². The van der Waals surface area contributed by atoms with Crippen LogP contribution in [0.5, 0.6) is 0 Å². The molecule has 2 amide bonds. The van der Waals surface area contributed by atoms with Crippen molar-refractivity contribution in [3.8, 4) is 0 Å². The van der Waals surface area contributed by atoms with Crippen LogP contribution in [-0.2, 0) is 16.0 Å². The molecule has 3 saturated heterocycles. The number of hydrogen-bond acceptors (Lipinski definition) is 3. The first-order chi connectivity index (χ1) is 16.4. The van der Waals surface area contributed by atoms with Crippen LogP contribution in [0.2, 0.25) is 0 Å². The molecular formula is C28H34FN3O2. The van der Waals surface area contributed by atoms with E-state index in [9.17, 15) is 14.0 Å². The molecular weight excluding hydrogens is 429 g/mol. The molecule has 0 unspecified atom stereocenters. The van der Waals surface area contributed by atoms with Gasteiger partial charge in [0.05, 0.1) is 11.0 Å². The maximum absolute atomic E-state index is 14.3. The van der Waals surface area contributed by atoms with Crippen molar-refractivity contribution in [2.75, 3.05) is 33.2 Å². The van der Waals surface area contributed by atoms with Crippen LogP contribution in [0, 0.1) is 11.2 Å². The van der Waals surface area contributed by atoms with Crippen LogP contribution in [-0.4, -0.2) is 60.4 Å². The Hall–Kier alpha value is -2.73. The third kappa shape index (κ3) is 4.36. The summed E-state index contributed by atoms with van der Waals surface area (Å²) in [6.45, 7) is 2.87. The Morgan fingerprint density at radius 2 is 1.76 bits per heavy atom. The molecule has 2 aromatic rings. The van der Waals surface area contributed by atoms with E-state index in [4.69, 9.17) is 0 Å². The highest BCUT2D eigenvalue weighted by Gasteiger charge is 2.53. The molecule has 6 heteroatoms. The Morgan fingerprint density at radius 1 is 1.06 bits per heavy atom. The highest BCUT2D eigenvalue weighted by Crippen LogP contribution is 2.45. The molecule has 0 saturated carbocycles. The van der Waals surface area contributed by atoms with E-state index in [1.807, 2.05) is 35.2 Å². The number of carbonyl (C=O) groups is 2. The standard InChI is InChI=1S/C28H34FN3O2/c1-31-16-14-27(15-17-31,18-21-6-3-2-4-7-21)26(34)32-19-24(22-9-11-23(29)12-10-22)28(20-32)13-5-8-25(33)30-28/h2-4,6-7,9-12,24H,5,8,13-20H2,1H3,(H,30,33)/t24-,28+/m0/s1. The molecule has 2 aromatic carbocycles. The number of hydrogen-bond donors (Lipinski definition) is 1. The lowest BCUT2D eigenvalue weighted by molar-refractivity contribution is -0.144. The molecule has 180 valence electrons. The van der Waals surface area contributed by atoms with Crippen LogP contribution < -0.4 is 5.32 Å².